The molecule has 1 heterocycles. The average molecular weight is 305 g/mol. The van der Waals surface area contributed by atoms with Crippen molar-refractivity contribution >= 4 is 21.4 Å². The fourth-order valence-corrected chi connectivity index (χ4v) is 3.35. The maximum absolute atomic E-state index is 13.0. The smallest absolute Gasteiger partial charge is 0.238 e. The summed E-state index contributed by atoms with van der Waals surface area (Å²) in [5, 5.41) is 16.1. The summed E-state index contributed by atoms with van der Waals surface area (Å²) in [6.07, 6.45) is -1.31. The lowest BCUT2D eigenvalue weighted by molar-refractivity contribution is 0.223. The molecular formula is C11H9F2NO3S2. The highest BCUT2D eigenvalue weighted by Crippen LogP contribution is 2.29. The maximum Gasteiger partial charge on any atom is 0.238 e. The SMILES string of the molecule is NS(=O)(=O)c1csc(C(O)c2cc(F)cc(F)c2)c1. The van der Waals surface area contributed by atoms with Crippen LogP contribution in [0.4, 0.5) is 8.78 Å². The van der Waals surface area contributed by atoms with Gasteiger partial charge in [0.05, 0.1) is 4.90 Å². The van der Waals surface area contributed by atoms with Crippen LogP contribution in [0.2, 0.25) is 0 Å². The van der Waals surface area contributed by atoms with Crippen molar-refractivity contribution in [2.75, 3.05) is 0 Å². The van der Waals surface area contributed by atoms with Crippen LogP contribution < -0.4 is 5.14 Å². The largest absolute Gasteiger partial charge is 0.383 e. The third-order valence-corrected chi connectivity index (χ3v) is 4.42. The molecule has 0 saturated heterocycles. The first-order chi connectivity index (χ1) is 8.77. The molecule has 102 valence electrons. The van der Waals surface area contributed by atoms with E-state index in [9.17, 15) is 22.3 Å². The number of aliphatic hydroxyl groups excluding tert-OH is 1. The average Bonchev–Trinajstić information content (AvgIpc) is 2.75. The van der Waals surface area contributed by atoms with Crippen molar-refractivity contribution in [2.45, 2.75) is 11.0 Å². The first-order valence-electron chi connectivity index (χ1n) is 5.02. The van der Waals surface area contributed by atoms with E-state index in [0.717, 1.165) is 23.5 Å². The van der Waals surface area contributed by atoms with Gasteiger partial charge in [-0.2, -0.15) is 0 Å². The molecule has 19 heavy (non-hydrogen) atoms. The molecule has 0 aliphatic rings. The van der Waals surface area contributed by atoms with Gasteiger partial charge in [-0.1, -0.05) is 0 Å². The Morgan fingerprint density at radius 2 is 1.74 bits per heavy atom. The van der Waals surface area contributed by atoms with Gasteiger partial charge in [0.1, 0.15) is 17.7 Å². The number of benzene rings is 1. The Kier molecular flexibility index (Phi) is 3.68. The van der Waals surface area contributed by atoms with Crippen molar-refractivity contribution in [1.29, 1.82) is 0 Å². The Balaban J connectivity index is 2.39. The van der Waals surface area contributed by atoms with Crippen LogP contribution in [-0.2, 0) is 10.0 Å². The van der Waals surface area contributed by atoms with E-state index >= 15 is 0 Å². The summed E-state index contributed by atoms with van der Waals surface area (Å²) in [7, 11) is -3.86. The predicted molar refractivity (Wildman–Crippen MR) is 66.1 cm³/mol. The standard InChI is InChI=1S/C11H9F2NO3S2/c12-7-1-6(2-8(13)3-7)11(15)10-4-9(5-18-10)19(14,16)17/h1-5,11,15H,(H2,14,16,17). The number of hydrogen-bond donors (Lipinski definition) is 2. The number of rotatable bonds is 3. The van der Waals surface area contributed by atoms with Crippen LogP contribution in [0.15, 0.2) is 34.5 Å². The molecule has 2 rings (SSSR count). The number of nitrogens with two attached hydrogens (primary N) is 1. The molecule has 0 radical (unpaired) electrons. The van der Waals surface area contributed by atoms with Crippen LogP contribution in [0.25, 0.3) is 0 Å². The zero-order valence-corrected chi connectivity index (χ0v) is 11.0. The summed E-state index contributed by atoms with van der Waals surface area (Å²) in [5.41, 5.74) is 0.000296. The van der Waals surface area contributed by atoms with E-state index < -0.39 is 27.8 Å². The second kappa shape index (κ2) is 4.97. The normalized spacial score (nSPS) is 13.5. The van der Waals surface area contributed by atoms with E-state index in [1.54, 1.807) is 0 Å². The van der Waals surface area contributed by atoms with E-state index in [0.29, 0.717) is 6.07 Å². The molecule has 0 aliphatic carbocycles. The maximum atomic E-state index is 13.0. The van der Waals surface area contributed by atoms with Crippen LogP contribution in [-0.4, -0.2) is 13.5 Å². The van der Waals surface area contributed by atoms with Crippen LogP contribution in [0.5, 0.6) is 0 Å². The Hall–Kier alpha value is -1.35. The van der Waals surface area contributed by atoms with Crippen LogP contribution in [0, 0.1) is 11.6 Å². The molecule has 1 aromatic heterocycles. The van der Waals surface area contributed by atoms with Crippen LogP contribution in [0.3, 0.4) is 0 Å². The summed E-state index contributed by atoms with van der Waals surface area (Å²) in [6.45, 7) is 0. The number of primary sulfonamides is 1. The molecule has 1 aromatic carbocycles. The molecule has 3 N–H and O–H groups in total. The number of aliphatic hydroxyl groups is 1. The molecule has 1 unspecified atom stereocenters. The second-order valence-corrected chi connectivity index (χ2v) is 6.34. The number of sulfonamides is 1. The topological polar surface area (TPSA) is 80.4 Å². The minimum absolute atomic E-state index is 0.000296. The first-order valence-corrected chi connectivity index (χ1v) is 7.45. The Bertz CT molecular complexity index is 692. The van der Waals surface area contributed by atoms with Gasteiger partial charge in [0.2, 0.25) is 10.0 Å². The van der Waals surface area contributed by atoms with Crippen molar-refractivity contribution in [1.82, 2.24) is 0 Å². The quantitative estimate of drug-likeness (QED) is 0.906. The highest BCUT2D eigenvalue weighted by atomic mass is 32.2. The van der Waals surface area contributed by atoms with Gasteiger partial charge >= 0.3 is 0 Å². The van der Waals surface area contributed by atoms with Crippen molar-refractivity contribution < 1.29 is 22.3 Å². The number of hydrogen-bond acceptors (Lipinski definition) is 4. The summed E-state index contributed by atoms with van der Waals surface area (Å²) in [5.74, 6) is -1.64. The Morgan fingerprint density at radius 3 is 2.21 bits per heavy atom. The summed E-state index contributed by atoms with van der Waals surface area (Å²) < 4.78 is 48.3. The van der Waals surface area contributed by atoms with Crippen molar-refractivity contribution in [2.24, 2.45) is 5.14 Å². The van der Waals surface area contributed by atoms with E-state index in [4.69, 9.17) is 5.14 Å². The fraction of sp³-hybridized carbons (Fsp3) is 0.0909. The van der Waals surface area contributed by atoms with E-state index in [1.165, 1.54) is 11.4 Å². The predicted octanol–water partition coefficient (Wildman–Crippen LogP) is 1.76. The van der Waals surface area contributed by atoms with Gasteiger partial charge in [-0.3, -0.25) is 0 Å². The van der Waals surface area contributed by atoms with Gasteiger partial charge in [-0.25, -0.2) is 22.3 Å². The van der Waals surface area contributed by atoms with Gasteiger partial charge in [0, 0.05) is 16.3 Å². The van der Waals surface area contributed by atoms with E-state index in [1.807, 2.05) is 0 Å². The van der Waals surface area contributed by atoms with Crippen molar-refractivity contribution in [3.63, 3.8) is 0 Å². The van der Waals surface area contributed by atoms with Crippen molar-refractivity contribution in [3.8, 4) is 0 Å². The van der Waals surface area contributed by atoms with Crippen molar-refractivity contribution in [3.05, 3.63) is 51.7 Å². The molecule has 0 aliphatic heterocycles. The van der Waals surface area contributed by atoms with Gasteiger partial charge in [-0.15, -0.1) is 11.3 Å². The second-order valence-electron chi connectivity index (χ2n) is 3.84. The minimum atomic E-state index is -3.86. The Morgan fingerprint density at radius 1 is 1.16 bits per heavy atom. The lowest BCUT2D eigenvalue weighted by atomic mass is 10.1. The Labute approximate surface area is 112 Å². The lowest BCUT2D eigenvalue weighted by Gasteiger charge is -2.09. The molecule has 8 heteroatoms. The molecular weight excluding hydrogens is 296 g/mol. The first kappa shape index (κ1) is 14.1. The molecule has 4 nitrogen and oxygen atoms in total. The molecule has 1 atom stereocenters. The highest BCUT2D eigenvalue weighted by Gasteiger charge is 2.18. The van der Waals surface area contributed by atoms with Crippen LogP contribution in [0.1, 0.15) is 16.5 Å². The summed E-state index contributed by atoms with van der Waals surface area (Å²) in [4.78, 5) is 0.0810. The monoisotopic (exact) mass is 305 g/mol. The number of halogens is 2. The highest BCUT2D eigenvalue weighted by molar-refractivity contribution is 7.89. The zero-order chi connectivity index (χ0) is 14.2. The third kappa shape index (κ3) is 3.16. The molecule has 0 bridgehead atoms. The molecule has 0 fully saturated rings. The molecule has 2 aromatic rings. The van der Waals surface area contributed by atoms with E-state index in [2.05, 4.69) is 0 Å². The summed E-state index contributed by atoms with van der Waals surface area (Å²) >= 11 is 0.937. The molecule has 0 spiro atoms. The van der Waals surface area contributed by atoms with Gasteiger partial charge in [0.15, 0.2) is 0 Å². The van der Waals surface area contributed by atoms with Gasteiger partial charge in [0.25, 0.3) is 0 Å². The fourth-order valence-electron chi connectivity index (χ4n) is 1.52. The minimum Gasteiger partial charge on any atom is -0.383 e. The van der Waals surface area contributed by atoms with Crippen LogP contribution >= 0.6 is 11.3 Å². The summed E-state index contributed by atoms with van der Waals surface area (Å²) in [6, 6.07) is 3.81. The zero-order valence-electron chi connectivity index (χ0n) is 9.38. The third-order valence-electron chi connectivity index (χ3n) is 2.39. The van der Waals surface area contributed by atoms with E-state index in [-0.39, 0.29) is 15.3 Å². The number of thiophene rings is 1. The lowest BCUT2D eigenvalue weighted by Crippen LogP contribution is -2.10. The van der Waals surface area contributed by atoms with Gasteiger partial charge in [-0.05, 0) is 23.8 Å². The molecule has 0 amide bonds. The molecule has 0 saturated carbocycles. The van der Waals surface area contributed by atoms with Gasteiger partial charge < -0.3 is 5.11 Å².